The van der Waals surface area contributed by atoms with Gasteiger partial charge in [-0.25, -0.2) is 0 Å². The second kappa shape index (κ2) is 3.17. The number of nitrogens with zero attached hydrogens (tertiary/aromatic N) is 1. The number of aromatic nitrogens is 1. The fraction of sp³-hybridized carbons (Fsp3) is 0.250. The summed E-state index contributed by atoms with van der Waals surface area (Å²) >= 11 is 0. The van der Waals surface area contributed by atoms with E-state index in [-0.39, 0.29) is 5.41 Å². The molecule has 0 saturated carbocycles. The maximum atomic E-state index is 4.39. The minimum Gasteiger partial charge on any atom is -0.260 e. The maximum Gasteiger partial charge on any atom is 0.0503 e. The van der Waals surface area contributed by atoms with Gasteiger partial charge in [0.15, 0.2) is 0 Å². The maximum absolute atomic E-state index is 4.39. The van der Waals surface area contributed by atoms with Crippen LogP contribution in [0.15, 0.2) is 48.7 Å². The topological polar surface area (TPSA) is 12.9 Å². The first-order chi connectivity index (χ1) is 6.31. The van der Waals surface area contributed by atoms with Crippen molar-refractivity contribution in [3.05, 3.63) is 54.4 Å². The van der Waals surface area contributed by atoms with Gasteiger partial charge in [-0.15, -0.1) is 0 Å². The highest BCUT2D eigenvalue weighted by molar-refractivity contribution is 5.29. The Hall–Kier alpha value is -1.37. The summed E-state index contributed by atoms with van der Waals surface area (Å²) in [5.74, 6) is 0. The van der Waals surface area contributed by atoms with Gasteiger partial charge in [-0.2, -0.15) is 0 Å². The van der Waals surface area contributed by atoms with Crippen LogP contribution in [-0.2, 0) is 5.41 Å². The van der Waals surface area contributed by atoms with Crippen LogP contribution >= 0.6 is 0 Å². The van der Waals surface area contributed by atoms with Crippen LogP contribution in [0.25, 0.3) is 0 Å². The fourth-order valence-electron chi connectivity index (χ4n) is 1.62. The minimum atomic E-state index is 0.0933. The number of allylic oxidation sites excluding steroid dienone is 4. The summed E-state index contributed by atoms with van der Waals surface area (Å²) in [6.45, 7) is 2.22. The van der Waals surface area contributed by atoms with Crippen LogP contribution < -0.4 is 0 Å². The molecule has 0 bridgehead atoms. The molecule has 0 N–H and O–H groups in total. The number of pyridine rings is 1. The first-order valence-electron chi connectivity index (χ1n) is 4.57. The van der Waals surface area contributed by atoms with Crippen LogP contribution in [0.2, 0.25) is 0 Å². The zero-order valence-corrected chi connectivity index (χ0v) is 7.77. The van der Waals surface area contributed by atoms with Gasteiger partial charge >= 0.3 is 0 Å². The molecular formula is C12H13N. The van der Waals surface area contributed by atoms with Crippen LogP contribution in [0.5, 0.6) is 0 Å². The number of hydrogen-bond acceptors (Lipinski definition) is 1. The van der Waals surface area contributed by atoms with E-state index in [0.717, 1.165) is 12.1 Å². The molecule has 0 aliphatic heterocycles. The fourth-order valence-corrected chi connectivity index (χ4v) is 1.62. The van der Waals surface area contributed by atoms with Crippen LogP contribution in [0.1, 0.15) is 19.0 Å². The lowest BCUT2D eigenvalue weighted by atomic mass is 9.80. The van der Waals surface area contributed by atoms with E-state index in [9.17, 15) is 0 Å². The zero-order valence-electron chi connectivity index (χ0n) is 7.77. The van der Waals surface area contributed by atoms with Crippen molar-refractivity contribution in [1.29, 1.82) is 0 Å². The molecule has 1 heterocycles. The van der Waals surface area contributed by atoms with Gasteiger partial charge in [-0.3, -0.25) is 4.98 Å². The zero-order chi connectivity index (χ0) is 9.15. The van der Waals surface area contributed by atoms with E-state index in [1.165, 1.54) is 0 Å². The Morgan fingerprint density at radius 1 is 1.31 bits per heavy atom. The Bertz CT molecular complexity index is 337. The summed E-state index contributed by atoms with van der Waals surface area (Å²) < 4.78 is 0. The quantitative estimate of drug-likeness (QED) is 0.633. The van der Waals surface area contributed by atoms with Crippen molar-refractivity contribution in [2.24, 2.45) is 0 Å². The molecule has 1 unspecified atom stereocenters. The van der Waals surface area contributed by atoms with Crippen molar-refractivity contribution in [2.45, 2.75) is 18.8 Å². The lowest BCUT2D eigenvalue weighted by Gasteiger charge is -2.25. The van der Waals surface area contributed by atoms with E-state index in [2.05, 4.69) is 42.3 Å². The molecule has 0 radical (unpaired) electrons. The van der Waals surface area contributed by atoms with Gasteiger partial charge in [0.2, 0.25) is 0 Å². The van der Waals surface area contributed by atoms with Crippen molar-refractivity contribution in [3.63, 3.8) is 0 Å². The summed E-state index contributed by atoms with van der Waals surface area (Å²) in [5.41, 5.74) is 1.24. The van der Waals surface area contributed by atoms with Gasteiger partial charge in [0.1, 0.15) is 0 Å². The van der Waals surface area contributed by atoms with Gasteiger partial charge in [-0.1, -0.05) is 37.3 Å². The van der Waals surface area contributed by atoms with Crippen molar-refractivity contribution >= 4 is 0 Å². The first-order valence-corrected chi connectivity index (χ1v) is 4.57. The van der Waals surface area contributed by atoms with Crippen LogP contribution in [-0.4, -0.2) is 4.98 Å². The van der Waals surface area contributed by atoms with E-state index < -0.39 is 0 Å². The summed E-state index contributed by atoms with van der Waals surface area (Å²) in [5, 5.41) is 0. The molecular weight excluding hydrogens is 158 g/mol. The molecule has 1 heteroatoms. The highest BCUT2D eigenvalue weighted by Gasteiger charge is 2.24. The molecule has 0 aromatic carbocycles. The Labute approximate surface area is 78.8 Å². The van der Waals surface area contributed by atoms with Crippen molar-refractivity contribution in [1.82, 2.24) is 4.98 Å². The van der Waals surface area contributed by atoms with Gasteiger partial charge in [-0.05, 0) is 18.6 Å². The third-order valence-corrected chi connectivity index (χ3v) is 2.50. The number of hydrogen-bond donors (Lipinski definition) is 0. The molecule has 0 fully saturated rings. The Balaban J connectivity index is 2.35. The lowest BCUT2D eigenvalue weighted by Crippen LogP contribution is -2.20. The highest BCUT2D eigenvalue weighted by Crippen LogP contribution is 2.29. The predicted molar refractivity (Wildman–Crippen MR) is 54.5 cm³/mol. The molecule has 1 aliphatic rings. The third kappa shape index (κ3) is 1.55. The molecule has 1 aromatic rings. The van der Waals surface area contributed by atoms with Gasteiger partial charge in [0.25, 0.3) is 0 Å². The Kier molecular flexibility index (Phi) is 2.01. The molecule has 0 amide bonds. The second-order valence-electron chi connectivity index (χ2n) is 3.62. The molecule has 66 valence electrons. The van der Waals surface area contributed by atoms with E-state index in [1.54, 1.807) is 0 Å². The van der Waals surface area contributed by atoms with E-state index >= 15 is 0 Å². The largest absolute Gasteiger partial charge is 0.260 e. The summed E-state index contributed by atoms with van der Waals surface area (Å²) in [7, 11) is 0. The molecule has 0 saturated heterocycles. The average molecular weight is 171 g/mol. The molecule has 1 nitrogen and oxygen atoms in total. The molecule has 1 atom stereocenters. The van der Waals surface area contributed by atoms with E-state index in [4.69, 9.17) is 0 Å². The average Bonchev–Trinajstić information content (AvgIpc) is 2.20. The van der Waals surface area contributed by atoms with Crippen LogP contribution in [0.3, 0.4) is 0 Å². The monoisotopic (exact) mass is 171 g/mol. The third-order valence-electron chi connectivity index (χ3n) is 2.50. The van der Waals surface area contributed by atoms with Crippen molar-refractivity contribution in [2.75, 3.05) is 0 Å². The van der Waals surface area contributed by atoms with E-state index in [0.29, 0.717) is 0 Å². The standard InChI is InChI=1S/C12H13N/c1-12(8-4-2-5-9-12)11-7-3-6-10-13-11/h2-8,10H,9H2,1H3. The number of rotatable bonds is 1. The first kappa shape index (κ1) is 8.24. The summed E-state index contributed by atoms with van der Waals surface area (Å²) in [6.07, 6.45) is 11.5. The predicted octanol–water partition coefficient (Wildman–Crippen LogP) is 2.86. The van der Waals surface area contributed by atoms with E-state index in [1.807, 2.05) is 18.3 Å². The molecule has 0 spiro atoms. The smallest absolute Gasteiger partial charge is 0.0503 e. The van der Waals surface area contributed by atoms with Gasteiger partial charge < -0.3 is 0 Å². The molecule has 13 heavy (non-hydrogen) atoms. The summed E-state index contributed by atoms with van der Waals surface area (Å²) in [4.78, 5) is 4.39. The van der Waals surface area contributed by atoms with Gasteiger partial charge in [0, 0.05) is 11.6 Å². The minimum absolute atomic E-state index is 0.0933. The van der Waals surface area contributed by atoms with Crippen LogP contribution in [0.4, 0.5) is 0 Å². The highest BCUT2D eigenvalue weighted by atomic mass is 14.7. The normalized spacial score (nSPS) is 26.2. The molecule has 1 aliphatic carbocycles. The van der Waals surface area contributed by atoms with Crippen molar-refractivity contribution < 1.29 is 0 Å². The molecule has 1 aromatic heterocycles. The SMILES string of the molecule is CC1(c2ccccn2)C=CC=CC1. The molecule has 2 rings (SSSR count). The second-order valence-corrected chi connectivity index (χ2v) is 3.62. The lowest BCUT2D eigenvalue weighted by molar-refractivity contribution is 0.579. The summed E-state index contributed by atoms with van der Waals surface area (Å²) in [6, 6.07) is 6.08. The van der Waals surface area contributed by atoms with Crippen LogP contribution in [0, 0.1) is 0 Å². The Morgan fingerprint density at radius 2 is 2.23 bits per heavy atom. The van der Waals surface area contributed by atoms with Crippen molar-refractivity contribution in [3.8, 4) is 0 Å². The van der Waals surface area contributed by atoms with Gasteiger partial charge in [0.05, 0.1) is 5.69 Å². The Morgan fingerprint density at radius 3 is 2.85 bits per heavy atom.